The van der Waals surface area contributed by atoms with Crippen LogP contribution in [-0.2, 0) is 0 Å². The fourth-order valence-corrected chi connectivity index (χ4v) is 3.21. The Labute approximate surface area is 155 Å². The van der Waals surface area contributed by atoms with Crippen molar-refractivity contribution >= 4 is 33.5 Å². The van der Waals surface area contributed by atoms with Crippen LogP contribution in [0, 0.1) is 5.82 Å². The fraction of sp³-hybridized carbons (Fsp3) is 0.0556. The number of hydrogen-bond acceptors (Lipinski definition) is 4. The summed E-state index contributed by atoms with van der Waals surface area (Å²) in [5.41, 5.74) is 0.821. The molecule has 0 spiro atoms. The lowest BCUT2D eigenvalue weighted by Crippen LogP contribution is -2.21. The van der Waals surface area contributed by atoms with Crippen LogP contribution in [0.3, 0.4) is 0 Å². The molecule has 1 heterocycles. The van der Waals surface area contributed by atoms with Crippen LogP contribution >= 0.6 is 27.7 Å². The second-order valence-electron chi connectivity index (χ2n) is 5.10. The number of ketones is 1. The minimum absolute atomic E-state index is 0.0538. The SMILES string of the molecule is O=C(CSc1nccn(-c2ccc(Br)cc2)c1=O)c1ccc(F)cc1. The summed E-state index contributed by atoms with van der Waals surface area (Å²) >= 11 is 4.42. The standard InChI is InChI=1S/C18H12BrFN2O2S/c19-13-3-7-15(8-4-13)22-10-9-21-17(18(22)24)25-11-16(23)12-1-5-14(20)6-2-12/h1-10H,11H2. The highest BCUT2D eigenvalue weighted by atomic mass is 79.9. The number of hydrogen-bond donors (Lipinski definition) is 0. The summed E-state index contributed by atoms with van der Waals surface area (Å²) in [6, 6.07) is 12.6. The number of nitrogens with zero attached hydrogens (tertiary/aromatic N) is 2. The predicted octanol–water partition coefficient (Wildman–Crippen LogP) is 4.11. The molecule has 2 aromatic carbocycles. The molecule has 7 heteroatoms. The van der Waals surface area contributed by atoms with Crippen molar-refractivity contribution in [1.82, 2.24) is 9.55 Å². The molecule has 0 aliphatic heterocycles. The molecule has 0 amide bonds. The van der Waals surface area contributed by atoms with Gasteiger partial charge in [-0.1, -0.05) is 27.7 Å². The van der Waals surface area contributed by atoms with E-state index in [1.54, 1.807) is 6.20 Å². The van der Waals surface area contributed by atoms with Crippen LogP contribution in [0.5, 0.6) is 0 Å². The topological polar surface area (TPSA) is 52.0 Å². The number of carbonyl (C=O) groups excluding carboxylic acids is 1. The zero-order chi connectivity index (χ0) is 17.8. The van der Waals surface area contributed by atoms with E-state index in [0.29, 0.717) is 11.3 Å². The molecule has 3 rings (SSSR count). The number of carbonyl (C=O) groups is 1. The van der Waals surface area contributed by atoms with Crippen LogP contribution in [-0.4, -0.2) is 21.1 Å². The molecule has 0 radical (unpaired) electrons. The van der Waals surface area contributed by atoms with Gasteiger partial charge in [-0.25, -0.2) is 9.37 Å². The van der Waals surface area contributed by atoms with Crippen LogP contribution < -0.4 is 5.56 Å². The molecule has 0 atom stereocenters. The van der Waals surface area contributed by atoms with E-state index in [1.165, 1.54) is 35.0 Å². The molecular weight excluding hydrogens is 407 g/mol. The lowest BCUT2D eigenvalue weighted by molar-refractivity contribution is 0.102. The molecule has 4 nitrogen and oxygen atoms in total. The minimum atomic E-state index is -0.397. The summed E-state index contributed by atoms with van der Waals surface area (Å²) in [7, 11) is 0. The third-order valence-electron chi connectivity index (χ3n) is 3.42. The third kappa shape index (κ3) is 4.24. The van der Waals surface area contributed by atoms with Crippen molar-refractivity contribution in [2.75, 3.05) is 5.75 Å². The first-order chi connectivity index (χ1) is 12.0. The summed E-state index contributed by atoms with van der Waals surface area (Å²) in [6.07, 6.45) is 3.10. The van der Waals surface area contributed by atoms with E-state index in [2.05, 4.69) is 20.9 Å². The zero-order valence-corrected chi connectivity index (χ0v) is 15.3. The molecular formula is C18H12BrFN2O2S. The van der Waals surface area contributed by atoms with Gasteiger partial charge in [-0.2, -0.15) is 0 Å². The van der Waals surface area contributed by atoms with Gasteiger partial charge in [0.05, 0.1) is 5.75 Å². The normalized spacial score (nSPS) is 10.6. The van der Waals surface area contributed by atoms with Gasteiger partial charge in [0, 0.05) is 28.1 Å². The average molecular weight is 419 g/mol. The van der Waals surface area contributed by atoms with Gasteiger partial charge in [0.2, 0.25) is 0 Å². The van der Waals surface area contributed by atoms with E-state index in [0.717, 1.165) is 16.2 Å². The Morgan fingerprint density at radius 2 is 1.80 bits per heavy atom. The monoisotopic (exact) mass is 418 g/mol. The molecule has 0 saturated heterocycles. The van der Waals surface area contributed by atoms with Crippen molar-refractivity contribution in [3.05, 3.63) is 87.1 Å². The van der Waals surface area contributed by atoms with Crippen molar-refractivity contribution in [3.8, 4) is 5.69 Å². The number of benzene rings is 2. The van der Waals surface area contributed by atoms with Crippen molar-refractivity contribution in [1.29, 1.82) is 0 Å². The van der Waals surface area contributed by atoms with Crippen molar-refractivity contribution < 1.29 is 9.18 Å². The van der Waals surface area contributed by atoms with E-state index in [9.17, 15) is 14.0 Å². The molecule has 0 bridgehead atoms. The number of aromatic nitrogens is 2. The van der Waals surface area contributed by atoms with E-state index < -0.39 is 5.82 Å². The van der Waals surface area contributed by atoms with Crippen LogP contribution in [0.25, 0.3) is 5.69 Å². The number of Topliss-reactive ketones (excluding diaryl/α,β-unsaturated/α-hetero) is 1. The van der Waals surface area contributed by atoms with E-state index in [4.69, 9.17) is 0 Å². The van der Waals surface area contributed by atoms with Gasteiger partial charge in [0.25, 0.3) is 5.56 Å². The second-order valence-corrected chi connectivity index (χ2v) is 6.98. The lowest BCUT2D eigenvalue weighted by Gasteiger charge is -2.07. The second kappa shape index (κ2) is 7.76. The van der Waals surface area contributed by atoms with Crippen LogP contribution in [0.2, 0.25) is 0 Å². The van der Waals surface area contributed by atoms with Gasteiger partial charge < -0.3 is 0 Å². The van der Waals surface area contributed by atoms with Crippen molar-refractivity contribution in [3.63, 3.8) is 0 Å². The highest BCUT2D eigenvalue weighted by Crippen LogP contribution is 2.16. The molecule has 0 aliphatic carbocycles. The zero-order valence-electron chi connectivity index (χ0n) is 12.9. The Morgan fingerprint density at radius 1 is 1.12 bits per heavy atom. The van der Waals surface area contributed by atoms with Gasteiger partial charge in [0.15, 0.2) is 10.8 Å². The number of rotatable bonds is 5. The molecule has 3 aromatic rings. The molecule has 126 valence electrons. The average Bonchev–Trinajstić information content (AvgIpc) is 2.62. The van der Waals surface area contributed by atoms with Gasteiger partial charge in [-0.3, -0.25) is 14.2 Å². The van der Waals surface area contributed by atoms with Crippen LogP contribution in [0.4, 0.5) is 4.39 Å². The first-order valence-corrected chi connectivity index (χ1v) is 9.07. The third-order valence-corrected chi connectivity index (χ3v) is 4.91. The minimum Gasteiger partial charge on any atom is -0.293 e. The molecule has 0 unspecified atom stereocenters. The molecule has 1 aromatic heterocycles. The fourth-order valence-electron chi connectivity index (χ4n) is 2.15. The molecule has 0 N–H and O–H groups in total. The Bertz CT molecular complexity index is 956. The van der Waals surface area contributed by atoms with Crippen molar-refractivity contribution in [2.45, 2.75) is 5.03 Å². The maximum Gasteiger partial charge on any atom is 0.287 e. The van der Waals surface area contributed by atoms with Gasteiger partial charge in [-0.15, -0.1) is 0 Å². The van der Waals surface area contributed by atoms with Crippen LogP contribution in [0.15, 0.2) is 75.2 Å². The van der Waals surface area contributed by atoms with Gasteiger partial charge in [-0.05, 0) is 48.5 Å². The van der Waals surface area contributed by atoms with Gasteiger partial charge >= 0.3 is 0 Å². The van der Waals surface area contributed by atoms with E-state index >= 15 is 0 Å². The smallest absolute Gasteiger partial charge is 0.287 e. The molecule has 25 heavy (non-hydrogen) atoms. The summed E-state index contributed by atoms with van der Waals surface area (Å²) < 4.78 is 15.3. The Morgan fingerprint density at radius 3 is 2.48 bits per heavy atom. The maximum absolute atomic E-state index is 12.9. The Hall–Kier alpha value is -2.25. The Balaban J connectivity index is 1.78. The largest absolute Gasteiger partial charge is 0.293 e. The maximum atomic E-state index is 12.9. The summed E-state index contributed by atoms with van der Waals surface area (Å²) in [4.78, 5) is 28.8. The molecule has 0 saturated carbocycles. The van der Waals surface area contributed by atoms with Crippen molar-refractivity contribution in [2.24, 2.45) is 0 Å². The predicted molar refractivity (Wildman–Crippen MR) is 99.0 cm³/mol. The summed E-state index contributed by atoms with van der Waals surface area (Å²) in [5.74, 6) is -0.533. The summed E-state index contributed by atoms with van der Waals surface area (Å²) in [5, 5.41) is 0.237. The van der Waals surface area contributed by atoms with Crippen LogP contribution in [0.1, 0.15) is 10.4 Å². The summed E-state index contributed by atoms with van der Waals surface area (Å²) in [6.45, 7) is 0. The Kier molecular flexibility index (Phi) is 5.45. The first-order valence-electron chi connectivity index (χ1n) is 7.30. The highest BCUT2D eigenvalue weighted by molar-refractivity contribution is 9.10. The quantitative estimate of drug-likeness (QED) is 0.462. The first kappa shape index (κ1) is 17.6. The molecule has 0 aliphatic rings. The number of halogens is 2. The lowest BCUT2D eigenvalue weighted by atomic mass is 10.1. The molecule has 0 fully saturated rings. The number of thioether (sulfide) groups is 1. The van der Waals surface area contributed by atoms with E-state index in [1.807, 2.05) is 24.3 Å². The van der Waals surface area contributed by atoms with Gasteiger partial charge in [0.1, 0.15) is 5.82 Å². The highest BCUT2D eigenvalue weighted by Gasteiger charge is 2.11. The van der Waals surface area contributed by atoms with E-state index in [-0.39, 0.29) is 22.1 Å².